The number of hydrogen-bond donors (Lipinski definition) is 2. The standard InChI is InChI=1S/C12H15N3O/c1-8-6-9(2)15(14-8)11-5-4-10(13-3)7-12(11)16/h4-7,13,16H,1-3H3. The van der Waals surface area contributed by atoms with Crippen LogP contribution in [0.25, 0.3) is 5.69 Å². The van der Waals surface area contributed by atoms with E-state index in [-0.39, 0.29) is 5.75 Å². The van der Waals surface area contributed by atoms with Crippen molar-refractivity contribution >= 4 is 5.69 Å². The van der Waals surface area contributed by atoms with E-state index in [0.29, 0.717) is 5.69 Å². The molecule has 0 bridgehead atoms. The highest BCUT2D eigenvalue weighted by Crippen LogP contribution is 2.26. The van der Waals surface area contributed by atoms with E-state index >= 15 is 0 Å². The second-order valence-electron chi connectivity index (χ2n) is 3.79. The maximum absolute atomic E-state index is 9.91. The molecule has 0 aliphatic heterocycles. The quantitative estimate of drug-likeness (QED) is 0.811. The zero-order valence-corrected chi connectivity index (χ0v) is 9.65. The largest absolute Gasteiger partial charge is 0.506 e. The number of aryl methyl sites for hydroxylation is 2. The van der Waals surface area contributed by atoms with Gasteiger partial charge in [-0.2, -0.15) is 5.10 Å². The van der Waals surface area contributed by atoms with Gasteiger partial charge in [0.15, 0.2) is 0 Å². The lowest BCUT2D eigenvalue weighted by Crippen LogP contribution is -2.00. The number of phenolic OH excluding ortho intramolecular Hbond substituents is 1. The third-order valence-electron chi connectivity index (χ3n) is 2.50. The van der Waals surface area contributed by atoms with Crippen LogP contribution in [-0.2, 0) is 0 Å². The average molecular weight is 217 g/mol. The van der Waals surface area contributed by atoms with Crippen molar-refractivity contribution in [3.63, 3.8) is 0 Å². The SMILES string of the molecule is CNc1ccc(-n2nc(C)cc2C)c(O)c1. The first-order valence-electron chi connectivity index (χ1n) is 5.16. The van der Waals surface area contributed by atoms with Crippen LogP contribution in [0.2, 0.25) is 0 Å². The minimum Gasteiger partial charge on any atom is -0.506 e. The van der Waals surface area contributed by atoms with Gasteiger partial charge >= 0.3 is 0 Å². The van der Waals surface area contributed by atoms with E-state index in [9.17, 15) is 5.11 Å². The number of aromatic nitrogens is 2. The predicted octanol–water partition coefficient (Wildman–Crippen LogP) is 2.24. The molecule has 1 heterocycles. The van der Waals surface area contributed by atoms with E-state index in [1.165, 1.54) is 0 Å². The smallest absolute Gasteiger partial charge is 0.143 e. The molecule has 0 aliphatic rings. The number of phenols is 1. The molecule has 4 heteroatoms. The molecule has 2 rings (SSSR count). The number of rotatable bonds is 2. The monoisotopic (exact) mass is 217 g/mol. The molecule has 84 valence electrons. The van der Waals surface area contributed by atoms with Gasteiger partial charge in [0.25, 0.3) is 0 Å². The second-order valence-corrected chi connectivity index (χ2v) is 3.79. The van der Waals surface area contributed by atoms with Gasteiger partial charge in [0, 0.05) is 24.5 Å². The summed E-state index contributed by atoms with van der Waals surface area (Å²) >= 11 is 0. The van der Waals surface area contributed by atoms with Crippen LogP contribution in [0.15, 0.2) is 24.3 Å². The van der Waals surface area contributed by atoms with Gasteiger partial charge in [0.05, 0.1) is 5.69 Å². The molecule has 2 N–H and O–H groups in total. The Morgan fingerprint density at radius 2 is 2.00 bits per heavy atom. The van der Waals surface area contributed by atoms with Crippen LogP contribution in [0.5, 0.6) is 5.75 Å². The second kappa shape index (κ2) is 3.89. The molecule has 1 aromatic heterocycles. The van der Waals surface area contributed by atoms with Crippen LogP contribution >= 0.6 is 0 Å². The Balaban J connectivity index is 2.52. The molecule has 0 radical (unpaired) electrons. The molecule has 0 spiro atoms. The van der Waals surface area contributed by atoms with Crippen molar-refractivity contribution in [2.75, 3.05) is 12.4 Å². The molecule has 0 unspecified atom stereocenters. The fraction of sp³-hybridized carbons (Fsp3) is 0.250. The number of benzene rings is 1. The van der Waals surface area contributed by atoms with Gasteiger partial charge < -0.3 is 10.4 Å². The van der Waals surface area contributed by atoms with E-state index in [4.69, 9.17) is 0 Å². The summed E-state index contributed by atoms with van der Waals surface area (Å²) < 4.78 is 1.74. The molecule has 0 fully saturated rings. The van der Waals surface area contributed by atoms with Crippen molar-refractivity contribution in [3.05, 3.63) is 35.7 Å². The molecule has 0 saturated carbocycles. The molecule has 2 aromatic rings. The van der Waals surface area contributed by atoms with Crippen molar-refractivity contribution in [2.45, 2.75) is 13.8 Å². The van der Waals surface area contributed by atoms with Crippen LogP contribution in [0, 0.1) is 13.8 Å². The fourth-order valence-electron chi connectivity index (χ4n) is 1.73. The summed E-state index contributed by atoms with van der Waals surface area (Å²) in [6.07, 6.45) is 0. The van der Waals surface area contributed by atoms with Crippen LogP contribution in [-0.4, -0.2) is 21.9 Å². The molecule has 0 atom stereocenters. The lowest BCUT2D eigenvalue weighted by atomic mass is 10.2. The van der Waals surface area contributed by atoms with Crippen molar-refractivity contribution in [1.82, 2.24) is 9.78 Å². The van der Waals surface area contributed by atoms with E-state index in [1.54, 1.807) is 10.7 Å². The summed E-state index contributed by atoms with van der Waals surface area (Å²) in [5.41, 5.74) is 3.52. The third-order valence-corrected chi connectivity index (χ3v) is 2.50. The number of aromatic hydroxyl groups is 1. The fourth-order valence-corrected chi connectivity index (χ4v) is 1.73. The molecule has 1 aromatic carbocycles. The molecular weight excluding hydrogens is 202 g/mol. The van der Waals surface area contributed by atoms with Crippen LogP contribution in [0.1, 0.15) is 11.4 Å². The highest BCUT2D eigenvalue weighted by Gasteiger charge is 2.08. The molecule has 16 heavy (non-hydrogen) atoms. The van der Waals surface area contributed by atoms with Crippen LogP contribution < -0.4 is 5.32 Å². The summed E-state index contributed by atoms with van der Waals surface area (Å²) in [5.74, 6) is 0.220. The Hall–Kier alpha value is -1.97. The minimum atomic E-state index is 0.220. The predicted molar refractivity (Wildman–Crippen MR) is 64.2 cm³/mol. The van der Waals surface area contributed by atoms with Crippen molar-refractivity contribution in [3.8, 4) is 11.4 Å². The number of anilines is 1. The first-order valence-corrected chi connectivity index (χ1v) is 5.16. The maximum atomic E-state index is 9.91. The molecule has 0 amide bonds. The summed E-state index contributed by atoms with van der Waals surface area (Å²) in [6.45, 7) is 3.90. The maximum Gasteiger partial charge on any atom is 0.143 e. The van der Waals surface area contributed by atoms with Gasteiger partial charge in [-0.3, -0.25) is 0 Å². The Morgan fingerprint density at radius 3 is 2.50 bits per heavy atom. The summed E-state index contributed by atoms with van der Waals surface area (Å²) in [6, 6.07) is 7.42. The van der Waals surface area contributed by atoms with Gasteiger partial charge in [0.1, 0.15) is 11.4 Å². The number of nitrogens with one attached hydrogen (secondary N) is 1. The first kappa shape index (κ1) is 10.5. The van der Waals surface area contributed by atoms with Gasteiger partial charge in [-0.1, -0.05) is 0 Å². The van der Waals surface area contributed by atoms with Crippen molar-refractivity contribution in [1.29, 1.82) is 0 Å². The Bertz CT molecular complexity index is 517. The highest BCUT2D eigenvalue weighted by atomic mass is 16.3. The Kier molecular flexibility index (Phi) is 2.56. The van der Waals surface area contributed by atoms with Gasteiger partial charge in [-0.15, -0.1) is 0 Å². The van der Waals surface area contributed by atoms with E-state index in [0.717, 1.165) is 17.1 Å². The lowest BCUT2D eigenvalue weighted by molar-refractivity contribution is 0.470. The van der Waals surface area contributed by atoms with E-state index < -0.39 is 0 Å². The topological polar surface area (TPSA) is 50.1 Å². The summed E-state index contributed by atoms with van der Waals surface area (Å²) in [7, 11) is 1.82. The molecule has 4 nitrogen and oxygen atoms in total. The zero-order valence-electron chi connectivity index (χ0n) is 9.65. The zero-order chi connectivity index (χ0) is 11.7. The minimum absolute atomic E-state index is 0.220. The lowest BCUT2D eigenvalue weighted by Gasteiger charge is -2.08. The number of nitrogens with zero attached hydrogens (tertiary/aromatic N) is 2. The van der Waals surface area contributed by atoms with Crippen molar-refractivity contribution < 1.29 is 5.11 Å². The van der Waals surface area contributed by atoms with Gasteiger partial charge in [0.2, 0.25) is 0 Å². The average Bonchev–Trinajstić information content (AvgIpc) is 2.57. The van der Waals surface area contributed by atoms with Gasteiger partial charge in [-0.05, 0) is 32.0 Å². The normalized spacial score (nSPS) is 10.4. The summed E-state index contributed by atoms with van der Waals surface area (Å²) in [5, 5.41) is 17.2. The molecule has 0 aliphatic carbocycles. The summed E-state index contributed by atoms with van der Waals surface area (Å²) in [4.78, 5) is 0. The van der Waals surface area contributed by atoms with Crippen molar-refractivity contribution in [2.24, 2.45) is 0 Å². The number of hydrogen-bond acceptors (Lipinski definition) is 3. The van der Waals surface area contributed by atoms with E-state index in [1.807, 2.05) is 39.1 Å². The third kappa shape index (κ3) is 1.74. The Labute approximate surface area is 94.5 Å². The van der Waals surface area contributed by atoms with Crippen LogP contribution in [0.3, 0.4) is 0 Å². The van der Waals surface area contributed by atoms with E-state index in [2.05, 4.69) is 10.4 Å². The molecular formula is C12H15N3O. The molecule has 0 saturated heterocycles. The highest BCUT2D eigenvalue weighted by molar-refractivity contribution is 5.57. The van der Waals surface area contributed by atoms with Gasteiger partial charge in [-0.25, -0.2) is 4.68 Å². The van der Waals surface area contributed by atoms with Crippen LogP contribution in [0.4, 0.5) is 5.69 Å². The first-order chi connectivity index (χ1) is 7.61. The Morgan fingerprint density at radius 1 is 1.25 bits per heavy atom.